The van der Waals surface area contributed by atoms with Gasteiger partial charge in [-0.1, -0.05) is 6.07 Å². The molecule has 2 aromatic rings. The molecule has 3 N–H and O–H groups in total. The van der Waals surface area contributed by atoms with E-state index in [2.05, 4.69) is 33.0 Å². The molecule has 5 nitrogen and oxygen atoms in total. The van der Waals surface area contributed by atoms with Gasteiger partial charge in [0.05, 0.1) is 11.4 Å². The number of aryl methyl sites for hydroxylation is 2. The van der Waals surface area contributed by atoms with Crippen LogP contribution in [0.15, 0.2) is 24.3 Å². The van der Waals surface area contributed by atoms with Crippen LogP contribution in [0.5, 0.6) is 0 Å². The van der Waals surface area contributed by atoms with Gasteiger partial charge in [0.25, 0.3) is 5.91 Å². The second-order valence-electron chi connectivity index (χ2n) is 3.94. The van der Waals surface area contributed by atoms with E-state index in [1.165, 1.54) is 4.68 Å². The summed E-state index contributed by atoms with van der Waals surface area (Å²) in [4.78, 5) is 12.1. The van der Waals surface area contributed by atoms with Gasteiger partial charge in [0, 0.05) is 16.3 Å². The second kappa shape index (κ2) is 4.97. The van der Waals surface area contributed by atoms with Gasteiger partial charge in [-0.05, 0) is 47.7 Å². The first-order valence-corrected chi connectivity index (χ1v) is 6.43. The minimum Gasteiger partial charge on any atom is -0.395 e. The number of rotatable bonds is 2. The Balaban J connectivity index is 2.27. The highest BCUT2D eigenvalue weighted by Crippen LogP contribution is 2.18. The summed E-state index contributed by atoms with van der Waals surface area (Å²) in [5, 5.41) is 6.93. The van der Waals surface area contributed by atoms with Gasteiger partial charge < -0.3 is 11.1 Å². The first-order valence-electron chi connectivity index (χ1n) is 5.35. The number of nitrogen functional groups attached to an aromatic ring is 1. The lowest BCUT2D eigenvalue weighted by atomic mass is 10.2. The lowest BCUT2D eigenvalue weighted by molar-refractivity contribution is 0.101. The van der Waals surface area contributed by atoms with Gasteiger partial charge in [-0.2, -0.15) is 5.10 Å². The summed E-state index contributed by atoms with van der Waals surface area (Å²) >= 11 is 2.19. The molecule has 0 radical (unpaired) electrons. The number of nitrogens with two attached hydrogens (primary N) is 1. The van der Waals surface area contributed by atoms with E-state index >= 15 is 0 Å². The highest BCUT2D eigenvalue weighted by atomic mass is 127. The lowest BCUT2D eigenvalue weighted by Crippen LogP contribution is -2.17. The Bertz CT molecular complexity index is 606. The van der Waals surface area contributed by atoms with Crippen LogP contribution in [-0.2, 0) is 7.05 Å². The molecule has 0 atom stereocenters. The fraction of sp³-hybridized carbons (Fsp3) is 0.167. The number of carbonyl (C=O) groups is 1. The van der Waals surface area contributed by atoms with Crippen molar-refractivity contribution >= 4 is 39.9 Å². The Labute approximate surface area is 119 Å². The Morgan fingerprint density at radius 2 is 2.22 bits per heavy atom. The van der Waals surface area contributed by atoms with E-state index in [-0.39, 0.29) is 5.91 Å². The molecule has 0 saturated heterocycles. The maximum Gasteiger partial charge on any atom is 0.276 e. The quantitative estimate of drug-likeness (QED) is 0.810. The maximum absolute atomic E-state index is 12.1. The molecular weight excluding hydrogens is 343 g/mol. The highest BCUT2D eigenvalue weighted by molar-refractivity contribution is 14.1. The van der Waals surface area contributed by atoms with Crippen molar-refractivity contribution in [1.82, 2.24) is 9.78 Å². The first kappa shape index (κ1) is 12.9. The van der Waals surface area contributed by atoms with E-state index in [9.17, 15) is 4.79 Å². The van der Waals surface area contributed by atoms with E-state index in [1.54, 1.807) is 14.0 Å². The van der Waals surface area contributed by atoms with Gasteiger partial charge in [-0.15, -0.1) is 0 Å². The van der Waals surface area contributed by atoms with Crippen LogP contribution < -0.4 is 11.1 Å². The zero-order chi connectivity index (χ0) is 13.3. The number of nitrogens with zero attached hydrogens (tertiary/aromatic N) is 2. The summed E-state index contributed by atoms with van der Waals surface area (Å²) in [5.41, 5.74) is 8.04. The van der Waals surface area contributed by atoms with E-state index in [0.29, 0.717) is 17.1 Å². The summed E-state index contributed by atoms with van der Waals surface area (Å²) in [5.74, 6) is -0.252. The minimum atomic E-state index is -0.252. The first-order chi connectivity index (χ1) is 8.49. The van der Waals surface area contributed by atoms with Gasteiger partial charge in [0.1, 0.15) is 5.69 Å². The summed E-state index contributed by atoms with van der Waals surface area (Å²) in [6, 6.07) is 7.56. The molecule has 2 rings (SSSR count). The number of hydrogen-bond donors (Lipinski definition) is 2. The van der Waals surface area contributed by atoms with E-state index in [0.717, 1.165) is 9.26 Å². The summed E-state index contributed by atoms with van der Waals surface area (Å²) in [7, 11) is 1.70. The molecular formula is C12H13IN4O. The molecule has 0 aliphatic rings. The standard InChI is InChI=1S/C12H13IN4O/c1-7-10(14)11(17(2)16-7)12(18)15-9-5-3-4-8(13)6-9/h3-6H,14H2,1-2H3,(H,15,18). The van der Waals surface area contributed by atoms with Gasteiger partial charge in [0.15, 0.2) is 0 Å². The zero-order valence-corrected chi connectivity index (χ0v) is 12.2. The van der Waals surface area contributed by atoms with Crippen LogP contribution in [-0.4, -0.2) is 15.7 Å². The largest absolute Gasteiger partial charge is 0.395 e. The van der Waals surface area contributed by atoms with Crippen LogP contribution in [0, 0.1) is 10.5 Å². The number of carbonyl (C=O) groups excluding carboxylic acids is 1. The minimum absolute atomic E-state index is 0.252. The third-order valence-electron chi connectivity index (χ3n) is 2.57. The molecule has 1 amide bonds. The Morgan fingerprint density at radius 3 is 2.78 bits per heavy atom. The van der Waals surface area contributed by atoms with Crippen molar-refractivity contribution in [2.45, 2.75) is 6.92 Å². The van der Waals surface area contributed by atoms with Gasteiger partial charge in [-0.25, -0.2) is 0 Å². The molecule has 0 bridgehead atoms. The smallest absolute Gasteiger partial charge is 0.276 e. The van der Waals surface area contributed by atoms with Crippen LogP contribution in [0.4, 0.5) is 11.4 Å². The molecule has 1 aromatic heterocycles. The molecule has 0 saturated carbocycles. The average Bonchev–Trinajstić information content (AvgIpc) is 2.53. The van der Waals surface area contributed by atoms with Crippen molar-refractivity contribution in [3.05, 3.63) is 39.2 Å². The summed E-state index contributed by atoms with van der Waals surface area (Å²) in [6.45, 7) is 1.78. The molecule has 94 valence electrons. The lowest BCUT2D eigenvalue weighted by Gasteiger charge is -2.06. The number of aromatic nitrogens is 2. The molecule has 0 spiro atoms. The van der Waals surface area contributed by atoms with Crippen LogP contribution in [0.2, 0.25) is 0 Å². The molecule has 0 aliphatic heterocycles. The molecule has 1 aromatic carbocycles. The SMILES string of the molecule is Cc1nn(C)c(C(=O)Nc2cccc(I)c2)c1N. The number of anilines is 2. The van der Waals surface area contributed by atoms with Gasteiger partial charge in [0.2, 0.25) is 0 Å². The van der Waals surface area contributed by atoms with Crippen LogP contribution in [0.1, 0.15) is 16.2 Å². The van der Waals surface area contributed by atoms with Crippen molar-refractivity contribution in [3.8, 4) is 0 Å². The topological polar surface area (TPSA) is 72.9 Å². The van der Waals surface area contributed by atoms with E-state index in [1.807, 2.05) is 24.3 Å². The van der Waals surface area contributed by atoms with Crippen molar-refractivity contribution in [2.75, 3.05) is 11.1 Å². The molecule has 6 heteroatoms. The van der Waals surface area contributed by atoms with E-state index in [4.69, 9.17) is 5.73 Å². The third-order valence-corrected chi connectivity index (χ3v) is 3.24. The molecule has 0 fully saturated rings. The predicted octanol–water partition coefficient (Wildman–Crippen LogP) is 2.17. The fourth-order valence-corrected chi connectivity index (χ4v) is 2.24. The molecule has 18 heavy (non-hydrogen) atoms. The molecule has 0 unspecified atom stereocenters. The fourth-order valence-electron chi connectivity index (χ4n) is 1.70. The Morgan fingerprint density at radius 1 is 1.50 bits per heavy atom. The number of amides is 1. The summed E-state index contributed by atoms with van der Waals surface area (Å²) in [6.07, 6.45) is 0. The van der Waals surface area contributed by atoms with Crippen molar-refractivity contribution in [2.24, 2.45) is 7.05 Å². The van der Waals surface area contributed by atoms with Crippen molar-refractivity contribution < 1.29 is 4.79 Å². The van der Waals surface area contributed by atoms with Crippen molar-refractivity contribution in [1.29, 1.82) is 0 Å². The Hall–Kier alpha value is -1.57. The normalized spacial score (nSPS) is 10.4. The Kier molecular flexibility index (Phi) is 3.55. The van der Waals surface area contributed by atoms with Gasteiger partial charge >= 0.3 is 0 Å². The second-order valence-corrected chi connectivity index (χ2v) is 5.18. The average molecular weight is 356 g/mol. The number of hydrogen-bond acceptors (Lipinski definition) is 3. The molecule has 0 aliphatic carbocycles. The highest BCUT2D eigenvalue weighted by Gasteiger charge is 2.17. The van der Waals surface area contributed by atoms with E-state index < -0.39 is 0 Å². The maximum atomic E-state index is 12.1. The number of nitrogens with one attached hydrogen (secondary N) is 1. The number of halogens is 1. The number of benzene rings is 1. The monoisotopic (exact) mass is 356 g/mol. The van der Waals surface area contributed by atoms with Crippen LogP contribution in [0.3, 0.4) is 0 Å². The summed E-state index contributed by atoms with van der Waals surface area (Å²) < 4.78 is 2.55. The predicted molar refractivity (Wildman–Crippen MR) is 79.5 cm³/mol. The van der Waals surface area contributed by atoms with Gasteiger partial charge in [-0.3, -0.25) is 9.48 Å². The third kappa shape index (κ3) is 2.47. The van der Waals surface area contributed by atoms with Crippen LogP contribution >= 0.6 is 22.6 Å². The van der Waals surface area contributed by atoms with Crippen LogP contribution in [0.25, 0.3) is 0 Å². The zero-order valence-electron chi connectivity index (χ0n) is 10.1. The molecule has 1 heterocycles. The van der Waals surface area contributed by atoms with Crippen molar-refractivity contribution in [3.63, 3.8) is 0 Å².